The van der Waals surface area contributed by atoms with Crippen molar-refractivity contribution >= 4 is 0 Å². The summed E-state index contributed by atoms with van der Waals surface area (Å²) < 4.78 is 11.0. The molecular weight excluding hydrogens is 230 g/mol. The Hall–Kier alpha value is -0.940. The maximum absolute atomic E-state index is 6.00. The summed E-state index contributed by atoms with van der Waals surface area (Å²) in [4.78, 5) is 4.39. The van der Waals surface area contributed by atoms with E-state index in [1.807, 2.05) is 20.8 Å². The normalized spacial score (nSPS) is 16.0. The first-order valence-electron chi connectivity index (χ1n) is 6.48. The maximum atomic E-state index is 6.00. The van der Waals surface area contributed by atoms with E-state index in [2.05, 4.69) is 30.9 Å². The summed E-state index contributed by atoms with van der Waals surface area (Å²) in [6.07, 6.45) is -0.181. The largest absolute Gasteiger partial charge is 0.370 e. The molecule has 2 atom stereocenters. The second-order valence-electron chi connectivity index (χ2n) is 5.96. The van der Waals surface area contributed by atoms with Gasteiger partial charge in [0.15, 0.2) is 0 Å². The molecule has 0 bridgehead atoms. The summed E-state index contributed by atoms with van der Waals surface area (Å²) >= 11 is 0. The topological polar surface area (TPSA) is 74.2 Å². The first-order valence-corrected chi connectivity index (χ1v) is 6.48. The number of nitrogens with zero attached hydrogens (tertiary/aromatic N) is 2. The minimum atomic E-state index is -0.228. The summed E-state index contributed by atoms with van der Waals surface area (Å²) in [6.45, 7) is 12.9. The molecule has 0 amide bonds. The third-order valence-corrected chi connectivity index (χ3v) is 2.82. The molecule has 0 aliphatic carbocycles. The Labute approximate surface area is 109 Å². The Morgan fingerprint density at radius 1 is 1.33 bits per heavy atom. The van der Waals surface area contributed by atoms with Crippen LogP contribution in [0.1, 0.15) is 65.4 Å². The third-order valence-electron chi connectivity index (χ3n) is 2.82. The van der Waals surface area contributed by atoms with E-state index in [1.165, 1.54) is 0 Å². The van der Waals surface area contributed by atoms with Gasteiger partial charge >= 0.3 is 0 Å². The number of aromatic nitrogens is 2. The Morgan fingerprint density at radius 2 is 1.94 bits per heavy atom. The lowest BCUT2D eigenvalue weighted by Gasteiger charge is -2.27. The first-order chi connectivity index (χ1) is 8.27. The average molecular weight is 255 g/mol. The van der Waals surface area contributed by atoms with E-state index in [0.717, 1.165) is 0 Å². The van der Waals surface area contributed by atoms with Crippen LogP contribution in [0.3, 0.4) is 0 Å². The predicted octanol–water partition coefficient (Wildman–Crippen LogP) is 2.85. The smallest absolute Gasteiger partial charge is 0.243 e. The van der Waals surface area contributed by atoms with E-state index in [-0.39, 0.29) is 23.5 Å². The second-order valence-corrected chi connectivity index (χ2v) is 5.96. The van der Waals surface area contributed by atoms with Gasteiger partial charge in [-0.2, -0.15) is 4.98 Å². The van der Waals surface area contributed by atoms with E-state index in [9.17, 15) is 0 Å². The fourth-order valence-corrected chi connectivity index (χ4v) is 1.65. The van der Waals surface area contributed by atoms with Crippen molar-refractivity contribution < 1.29 is 9.26 Å². The molecule has 104 valence electrons. The van der Waals surface area contributed by atoms with Crippen LogP contribution in [-0.2, 0) is 4.74 Å². The molecule has 18 heavy (non-hydrogen) atoms. The molecule has 1 rings (SSSR count). The van der Waals surface area contributed by atoms with Gasteiger partial charge in [0, 0.05) is 6.61 Å². The standard InChI is InChI=1S/C13H25N3O2/c1-7-17-10(13(4,5)6)11-15-12(18-16-11)9(14)8(2)3/h8-10H,7,14H2,1-6H3. The third kappa shape index (κ3) is 3.53. The summed E-state index contributed by atoms with van der Waals surface area (Å²) in [6, 6.07) is -0.228. The Bertz CT molecular complexity index is 369. The van der Waals surface area contributed by atoms with Crippen molar-refractivity contribution in [1.82, 2.24) is 10.1 Å². The molecule has 2 unspecified atom stereocenters. The zero-order chi connectivity index (χ0) is 13.9. The fraction of sp³-hybridized carbons (Fsp3) is 0.846. The zero-order valence-corrected chi connectivity index (χ0v) is 12.2. The number of hydrogen-bond acceptors (Lipinski definition) is 5. The molecule has 0 aliphatic rings. The predicted molar refractivity (Wildman–Crippen MR) is 69.9 cm³/mol. The first kappa shape index (κ1) is 15.1. The van der Waals surface area contributed by atoms with Gasteiger partial charge < -0.3 is 15.0 Å². The quantitative estimate of drug-likeness (QED) is 0.875. The molecule has 5 nitrogen and oxygen atoms in total. The number of hydrogen-bond donors (Lipinski definition) is 1. The van der Waals surface area contributed by atoms with Crippen LogP contribution in [0.2, 0.25) is 0 Å². The molecule has 1 aromatic heterocycles. The lowest BCUT2D eigenvalue weighted by molar-refractivity contribution is -0.0203. The molecule has 0 aromatic carbocycles. The van der Waals surface area contributed by atoms with Gasteiger partial charge in [-0.25, -0.2) is 0 Å². The van der Waals surface area contributed by atoms with Gasteiger partial charge in [-0.05, 0) is 18.3 Å². The monoisotopic (exact) mass is 255 g/mol. The molecule has 0 radical (unpaired) electrons. The molecule has 0 saturated heterocycles. The highest BCUT2D eigenvalue weighted by Crippen LogP contribution is 2.34. The minimum absolute atomic E-state index is 0.0842. The molecule has 0 spiro atoms. The Balaban J connectivity index is 2.95. The SMILES string of the molecule is CCOC(c1noc(C(N)C(C)C)n1)C(C)(C)C. The van der Waals surface area contributed by atoms with Crippen molar-refractivity contribution in [2.75, 3.05) is 6.61 Å². The van der Waals surface area contributed by atoms with Crippen molar-refractivity contribution in [3.8, 4) is 0 Å². The van der Waals surface area contributed by atoms with E-state index < -0.39 is 0 Å². The van der Waals surface area contributed by atoms with E-state index in [4.69, 9.17) is 15.0 Å². The van der Waals surface area contributed by atoms with Crippen LogP contribution in [0.15, 0.2) is 4.52 Å². The highest BCUT2D eigenvalue weighted by molar-refractivity contribution is 4.99. The fourth-order valence-electron chi connectivity index (χ4n) is 1.65. The minimum Gasteiger partial charge on any atom is -0.370 e. The highest BCUT2D eigenvalue weighted by atomic mass is 16.5. The van der Waals surface area contributed by atoms with Gasteiger partial charge in [0.05, 0.1) is 6.04 Å². The van der Waals surface area contributed by atoms with Gasteiger partial charge in [0.2, 0.25) is 11.7 Å². The molecule has 1 heterocycles. The van der Waals surface area contributed by atoms with E-state index in [0.29, 0.717) is 18.3 Å². The van der Waals surface area contributed by atoms with Crippen LogP contribution in [0, 0.1) is 11.3 Å². The molecule has 5 heteroatoms. The summed E-state index contributed by atoms with van der Waals surface area (Å²) in [5.74, 6) is 1.32. The van der Waals surface area contributed by atoms with Crippen molar-refractivity contribution in [3.05, 3.63) is 11.7 Å². The molecule has 0 fully saturated rings. The lowest BCUT2D eigenvalue weighted by Crippen LogP contribution is -2.23. The summed E-state index contributed by atoms with van der Waals surface area (Å²) in [5, 5.41) is 4.01. The van der Waals surface area contributed by atoms with Crippen LogP contribution in [0.5, 0.6) is 0 Å². The highest BCUT2D eigenvalue weighted by Gasteiger charge is 2.32. The Kier molecular flexibility index (Phi) is 4.87. The second kappa shape index (κ2) is 5.80. The van der Waals surface area contributed by atoms with Gasteiger partial charge in [0.1, 0.15) is 6.10 Å². The molecule has 1 aromatic rings. The van der Waals surface area contributed by atoms with Gasteiger partial charge in [0.25, 0.3) is 0 Å². The molecule has 0 saturated carbocycles. The van der Waals surface area contributed by atoms with Crippen molar-refractivity contribution in [2.24, 2.45) is 17.1 Å². The molecule has 2 N–H and O–H groups in total. The lowest BCUT2D eigenvalue weighted by atomic mass is 9.88. The molecular formula is C13H25N3O2. The number of ether oxygens (including phenoxy) is 1. The van der Waals surface area contributed by atoms with Crippen LogP contribution < -0.4 is 5.73 Å². The van der Waals surface area contributed by atoms with Crippen molar-refractivity contribution in [2.45, 2.75) is 53.7 Å². The van der Waals surface area contributed by atoms with Gasteiger partial charge in [-0.1, -0.05) is 39.8 Å². The van der Waals surface area contributed by atoms with Crippen LogP contribution in [0.4, 0.5) is 0 Å². The van der Waals surface area contributed by atoms with Gasteiger partial charge in [-0.15, -0.1) is 0 Å². The van der Waals surface area contributed by atoms with Gasteiger partial charge in [-0.3, -0.25) is 0 Å². The van der Waals surface area contributed by atoms with Crippen molar-refractivity contribution in [3.63, 3.8) is 0 Å². The zero-order valence-electron chi connectivity index (χ0n) is 12.2. The summed E-state index contributed by atoms with van der Waals surface area (Å²) in [7, 11) is 0. The Morgan fingerprint density at radius 3 is 2.39 bits per heavy atom. The number of rotatable bonds is 5. The molecule has 0 aliphatic heterocycles. The van der Waals surface area contributed by atoms with E-state index >= 15 is 0 Å². The average Bonchev–Trinajstić information content (AvgIpc) is 2.71. The van der Waals surface area contributed by atoms with Crippen LogP contribution in [-0.4, -0.2) is 16.7 Å². The number of nitrogens with two attached hydrogens (primary N) is 1. The van der Waals surface area contributed by atoms with Crippen LogP contribution in [0.25, 0.3) is 0 Å². The summed E-state index contributed by atoms with van der Waals surface area (Å²) in [5.41, 5.74) is 5.91. The van der Waals surface area contributed by atoms with E-state index in [1.54, 1.807) is 0 Å². The van der Waals surface area contributed by atoms with Crippen LogP contribution >= 0.6 is 0 Å². The maximum Gasteiger partial charge on any atom is 0.243 e. The van der Waals surface area contributed by atoms with Crippen molar-refractivity contribution in [1.29, 1.82) is 0 Å².